The van der Waals surface area contributed by atoms with Gasteiger partial charge in [0.05, 0.1) is 48.0 Å². The molecule has 0 aromatic heterocycles. The third kappa shape index (κ3) is 5.13. The van der Waals surface area contributed by atoms with E-state index in [4.69, 9.17) is 0 Å². The maximum Gasteiger partial charge on any atom is 0.283 e. The lowest BCUT2D eigenvalue weighted by atomic mass is 10.0. The van der Waals surface area contributed by atoms with Crippen molar-refractivity contribution in [3.8, 4) is 0 Å². The van der Waals surface area contributed by atoms with E-state index in [0.29, 0.717) is 0 Å². The molecule has 12 nitrogen and oxygen atoms in total. The largest absolute Gasteiger partial charge is 0.283 e. The first-order chi connectivity index (χ1) is 16.2. The van der Waals surface area contributed by atoms with Crippen LogP contribution in [0.3, 0.4) is 0 Å². The molecule has 0 atom stereocenters. The number of rotatable bonds is 8. The van der Waals surface area contributed by atoms with Gasteiger partial charge in [0.15, 0.2) is 0 Å². The molecule has 0 fully saturated rings. The maximum absolute atomic E-state index is 11.5. The lowest BCUT2D eigenvalue weighted by Gasteiger charge is -2.03. The van der Waals surface area contributed by atoms with Crippen molar-refractivity contribution < 1.29 is 19.7 Å². The summed E-state index contributed by atoms with van der Waals surface area (Å²) in [6.45, 7) is 0. The number of nitrogens with zero attached hydrogens (tertiary/aromatic N) is 4. The van der Waals surface area contributed by atoms with Crippen LogP contribution in [0.2, 0.25) is 0 Å². The van der Waals surface area contributed by atoms with Gasteiger partial charge in [0.25, 0.3) is 22.7 Å². The number of benzene rings is 3. The zero-order valence-corrected chi connectivity index (χ0v) is 17.1. The van der Waals surface area contributed by atoms with E-state index in [2.05, 4.69) is 0 Å². The van der Waals surface area contributed by atoms with E-state index in [0.717, 1.165) is 6.07 Å². The van der Waals surface area contributed by atoms with Crippen LogP contribution in [0.25, 0.3) is 24.3 Å². The Labute approximate surface area is 190 Å². The van der Waals surface area contributed by atoms with Gasteiger partial charge >= 0.3 is 0 Å². The second-order valence-corrected chi connectivity index (χ2v) is 6.78. The number of nitro benzene ring substituents is 4. The van der Waals surface area contributed by atoms with E-state index >= 15 is 0 Å². The first-order valence-electron chi connectivity index (χ1n) is 9.49. The molecule has 3 aromatic rings. The van der Waals surface area contributed by atoms with Gasteiger partial charge in [-0.3, -0.25) is 40.5 Å². The number of hydrogen-bond acceptors (Lipinski definition) is 8. The molecule has 0 amide bonds. The zero-order chi connectivity index (χ0) is 24.8. The van der Waals surface area contributed by atoms with Gasteiger partial charge < -0.3 is 0 Å². The van der Waals surface area contributed by atoms with Crippen molar-refractivity contribution in [2.75, 3.05) is 0 Å². The molecule has 0 radical (unpaired) electrons. The normalized spacial score (nSPS) is 11.1. The van der Waals surface area contributed by atoms with Gasteiger partial charge in [-0.15, -0.1) is 0 Å². The standard InChI is InChI=1S/C22H14N4O8/c27-23(28)19-7-3-1-5-15(19)9-11-17-13-18(22(26(33)34)14-21(17)25(31)32)12-10-16-6-2-4-8-20(16)24(29)30/h1-14H/b11-9-,12-10+. The molecular weight excluding hydrogens is 448 g/mol. The highest BCUT2D eigenvalue weighted by atomic mass is 16.6. The highest BCUT2D eigenvalue weighted by Gasteiger charge is 2.23. The van der Waals surface area contributed by atoms with Crippen LogP contribution in [-0.4, -0.2) is 19.7 Å². The maximum atomic E-state index is 11.5. The molecule has 0 saturated heterocycles. The van der Waals surface area contributed by atoms with E-state index < -0.39 is 31.1 Å². The molecule has 3 rings (SSSR count). The second kappa shape index (κ2) is 9.91. The molecule has 0 saturated carbocycles. The van der Waals surface area contributed by atoms with Gasteiger partial charge in [0.1, 0.15) is 0 Å². The van der Waals surface area contributed by atoms with Crippen molar-refractivity contribution >= 4 is 47.1 Å². The predicted octanol–water partition coefficient (Wildman–Crippen LogP) is 5.66. The average Bonchev–Trinajstić information content (AvgIpc) is 2.81. The highest BCUT2D eigenvalue weighted by molar-refractivity contribution is 5.83. The van der Waals surface area contributed by atoms with Crippen LogP contribution in [-0.2, 0) is 0 Å². The Bertz CT molecular complexity index is 1280. The van der Waals surface area contributed by atoms with Crippen LogP contribution in [0.5, 0.6) is 0 Å². The monoisotopic (exact) mass is 462 g/mol. The van der Waals surface area contributed by atoms with Crippen LogP contribution in [0.15, 0.2) is 60.7 Å². The first kappa shape index (κ1) is 23.4. The minimum Gasteiger partial charge on any atom is -0.258 e. The number of nitro groups is 4. The van der Waals surface area contributed by atoms with Gasteiger partial charge in [0, 0.05) is 12.1 Å². The lowest BCUT2D eigenvalue weighted by Crippen LogP contribution is -1.98. The Morgan fingerprint density at radius 2 is 0.765 bits per heavy atom. The fourth-order valence-electron chi connectivity index (χ4n) is 3.14. The summed E-state index contributed by atoms with van der Waals surface area (Å²) in [5.74, 6) is 0. The molecule has 0 aliphatic carbocycles. The quantitative estimate of drug-likeness (QED) is 0.234. The Kier molecular flexibility index (Phi) is 6.82. The fourth-order valence-corrected chi connectivity index (χ4v) is 3.14. The molecule has 0 aliphatic heterocycles. The summed E-state index contributed by atoms with van der Waals surface area (Å²) in [6.07, 6.45) is 5.07. The van der Waals surface area contributed by atoms with Crippen LogP contribution in [0.1, 0.15) is 22.3 Å². The first-order valence-corrected chi connectivity index (χ1v) is 9.49. The molecule has 0 N–H and O–H groups in total. The van der Waals surface area contributed by atoms with Crippen molar-refractivity contribution in [1.29, 1.82) is 0 Å². The van der Waals surface area contributed by atoms with Gasteiger partial charge in [0.2, 0.25) is 0 Å². The van der Waals surface area contributed by atoms with Crippen LogP contribution >= 0.6 is 0 Å². The minimum atomic E-state index is -0.804. The third-order valence-electron chi connectivity index (χ3n) is 4.72. The van der Waals surface area contributed by atoms with Crippen molar-refractivity contribution in [2.45, 2.75) is 0 Å². The van der Waals surface area contributed by atoms with Crippen LogP contribution < -0.4 is 0 Å². The summed E-state index contributed by atoms with van der Waals surface area (Å²) in [5.41, 5.74) is -1.34. The molecule has 0 unspecified atom stereocenters. The molecule has 0 spiro atoms. The van der Waals surface area contributed by atoms with Crippen molar-refractivity contribution in [1.82, 2.24) is 0 Å². The minimum absolute atomic E-state index is 0.0454. The topological polar surface area (TPSA) is 173 Å². The van der Waals surface area contributed by atoms with Gasteiger partial charge in [-0.05, 0) is 42.5 Å². The van der Waals surface area contributed by atoms with Crippen molar-refractivity contribution in [3.05, 3.63) is 123 Å². The molecule has 12 heteroatoms. The average molecular weight is 462 g/mol. The van der Waals surface area contributed by atoms with E-state index in [9.17, 15) is 40.5 Å². The van der Waals surface area contributed by atoms with Crippen LogP contribution in [0.4, 0.5) is 22.7 Å². The van der Waals surface area contributed by atoms with Crippen molar-refractivity contribution in [2.24, 2.45) is 0 Å². The summed E-state index contributed by atoms with van der Waals surface area (Å²) in [7, 11) is 0. The summed E-state index contributed by atoms with van der Waals surface area (Å²) >= 11 is 0. The Balaban J connectivity index is 2.14. The van der Waals surface area contributed by atoms with E-state index in [1.165, 1.54) is 66.8 Å². The number of hydrogen-bond donors (Lipinski definition) is 0. The fraction of sp³-hybridized carbons (Fsp3) is 0. The van der Waals surface area contributed by atoms with Crippen LogP contribution in [0, 0.1) is 40.5 Å². The third-order valence-corrected chi connectivity index (χ3v) is 4.72. The molecular formula is C22H14N4O8. The molecule has 0 heterocycles. The van der Waals surface area contributed by atoms with E-state index in [1.807, 2.05) is 0 Å². The summed E-state index contributed by atoms with van der Waals surface area (Å²) < 4.78 is 0. The SMILES string of the molecule is O=[N+]([O-])c1ccccc1/C=C\c1cc(/C=C/c2ccccc2[N+](=O)[O-])c([N+](=O)[O-])cc1[N+](=O)[O-]. The second-order valence-electron chi connectivity index (χ2n) is 6.78. The Morgan fingerprint density at radius 3 is 1.12 bits per heavy atom. The highest BCUT2D eigenvalue weighted by Crippen LogP contribution is 2.33. The van der Waals surface area contributed by atoms with Gasteiger partial charge in [-0.1, -0.05) is 24.3 Å². The zero-order valence-electron chi connectivity index (χ0n) is 17.1. The lowest BCUT2D eigenvalue weighted by molar-refractivity contribution is -0.394. The molecule has 34 heavy (non-hydrogen) atoms. The van der Waals surface area contributed by atoms with Crippen molar-refractivity contribution in [3.63, 3.8) is 0 Å². The smallest absolute Gasteiger partial charge is 0.258 e. The van der Waals surface area contributed by atoms with E-state index in [1.54, 1.807) is 12.1 Å². The van der Waals surface area contributed by atoms with E-state index in [-0.39, 0.29) is 33.6 Å². The van der Waals surface area contributed by atoms with Gasteiger partial charge in [-0.2, -0.15) is 0 Å². The molecule has 0 aliphatic rings. The molecule has 170 valence electrons. The number of para-hydroxylation sites is 2. The molecule has 0 bridgehead atoms. The summed E-state index contributed by atoms with van der Waals surface area (Å²) in [5, 5.41) is 45.5. The van der Waals surface area contributed by atoms with Gasteiger partial charge in [-0.25, -0.2) is 0 Å². The Hall–Kier alpha value is -5.26. The molecule has 3 aromatic carbocycles. The summed E-state index contributed by atoms with van der Waals surface area (Å²) in [4.78, 5) is 42.7. The predicted molar refractivity (Wildman–Crippen MR) is 124 cm³/mol. The Morgan fingerprint density at radius 1 is 0.441 bits per heavy atom. The summed E-state index contributed by atoms with van der Waals surface area (Å²) in [6, 6.07) is 13.4.